The number of aromatic nitrogens is 2. The fraction of sp³-hybridized carbons (Fsp3) is 0.545. The molecule has 0 saturated carbocycles. The van der Waals surface area contributed by atoms with Crippen LogP contribution in [-0.4, -0.2) is 29.5 Å². The Kier molecular flexibility index (Phi) is 5.19. The number of rotatable bonds is 7. The second-order valence-electron chi connectivity index (χ2n) is 3.79. The third kappa shape index (κ3) is 5.14. The summed E-state index contributed by atoms with van der Waals surface area (Å²) in [5.74, 6) is 2.05. The van der Waals surface area contributed by atoms with Gasteiger partial charge in [-0.25, -0.2) is 9.97 Å². The number of anilines is 2. The van der Waals surface area contributed by atoms with Crippen LogP contribution in [0.25, 0.3) is 0 Å². The van der Waals surface area contributed by atoms with Crippen LogP contribution in [0.3, 0.4) is 0 Å². The van der Waals surface area contributed by atoms with Gasteiger partial charge in [0, 0.05) is 26.1 Å². The number of nitrogens with two attached hydrogens (primary N) is 1. The predicted molar refractivity (Wildman–Crippen MR) is 67.9 cm³/mol. The van der Waals surface area contributed by atoms with E-state index in [4.69, 9.17) is 5.73 Å². The van der Waals surface area contributed by atoms with E-state index >= 15 is 0 Å². The molecule has 0 bridgehead atoms. The highest BCUT2D eigenvalue weighted by atomic mass is 16.1. The van der Waals surface area contributed by atoms with Crippen LogP contribution >= 0.6 is 0 Å². The molecular formula is C11H19N5O. The molecule has 0 aromatic carbocycles. The highest BCUT2D eigenvalue weighted by Gasteiger charge is 2.00. The Morgan fingerprint density at radius 2 is 2.06 bits per heavy atom. The van der Waals surface area contributed by atoms with Gasteiger partial charge in [-0.3, -0.25) is 4.79 Å². The molecule has 0 unspecified atom stereocenters. The van der Waals surface area contributed by atoms with Gasteiger partial charge in [0.15, 0.2) is 0 Å². The van der Waals surface area contributed by atoms with Crippen molar-refractivity contribution in [2.45, 2.75) is 26.2 Å². The molecule has 1 rings (SSSR count). The van der Waals surface area contributed by atoms with Crippen molar-refractivity contribution in [3.05, 3.63) is 11.9 Å². The van der Waals surface area contributed by atoms with Gasteiger partial charge in [-0.05, 0) is 19.8 Å². The number of unbranched alkanes of at least 4 members (excludes halogenated alkanes) is 1. The zero-order valence-corrected chi connectivity index (χ0v) is 10.3. The number of aryl methyl sites for hydroxylation is 1. The first-order chi connectivity index (χ1) is 8.11. The van der Waals surface area contributed by atoms with Crippen LogP contribution in [0.4, 0.5) is 11.6 Å². The van der Waals surface area contributed by atoms with E-state index in [0.717, 1.165) is 36.8 Å². The molecule has 0 spiro atoms. The molecule has 1 aromatic rings. The number of carbonyl (C=O) groups excluding carboxylic acids is 1. The Balaban J connectivity index is 2.36. The quantitative estimate of drug-likeness (QED) is 0.612. The fourth-order valence-corrected chi connectivity index (χ4v) is 1.43. The average molecular weight is 237 g/mol. The lowest BCUT2D eigenvalue weighted by atomic mass is 10.2. The summed E-state index contributed by atoms with van der Waals surface area (Å²) in [4.78, 5) is 19.0. The number of hydrogen-bond donors (Lipinski definition) is 3. The molecule has 0 fully saturated rings. The fourth-order valence-electron chi connectivity index (χ4n) is 1.43. The second kappa shape index (κ2) is 6.67. The van der Waals surface area contributed by atoms with Gasteiger partial charge in [-0.2, -0.15) is 0 Å². The molecule has 0 aliphatic carbocycles. The summed E-state index contributed by atoms with van der Waals surface area (Å²) in [7, 11) is 1.82. The van der Waals surface area contributed by atoms with Crippen LogP contribution in [0.2, 0.25) is 0 Å². The van der Waals surface area contributed by atoms with Crippen LogP contribution < -0.4 is 16.4 Å². The number of nitrogens with one attached hydrogen (secondary N) is 2. The highest BCUT2D eigenvalue weighted by Crippen LogP contribution is 2.10. The second-order valence-corrected chi connectivity index (χ2v) is 3.79. The minimum Gasteiger partial charge on any atom is -0.373 e. The maximum atomic E-state index is 10.5. The molecule has 0 saturated heterocycles. The molecule has 4 N–H and O–H groups in total. The van der Waals surface area contributed by atoms with Crippen molar-refractivity contribution >= 4 is 17.5 Å². The van der Waals surface area contributed by atoms with E-state index in [9.17, 15) is 4.79 Å². The third-order valence-electron chi connectivity index (χ3n) is 2.25. The van der Waals surface area contributed by atoms with Gasteiger partial charge < -0.3 is 16.4 Å². The van der Waals surface area contributed by atoms with E-state index in [-0.39, 0.29) is 5.91 Å². The van der Waals surface area contributed by atoms with Crippen molar-refractivity contribution in [3.63, 3.8) is 0 Å². The maximum absolute atomic E-state index is 10.5. The molecule has 1 amide bonds. The molecule has 6 nitrogen and oxygen atoms in total. The van der Waals surface area contributed by atoms with E-state index in [0.29, 0.717) is 6.42 Å². The van der Waals surface area contributed by atoms with E-state index in [1.165, 1.54) is 0 Å². The summed E-state index contributed by atoms with van der Waals surface area (Å²) in [6.45, 7) is 2.62. The van der Waals surface area contributed by atoms with Crippen LogP contribution in [-0.2, 0) is 4.79 Å². The number of hydrogen-bond acceptors (Lipinski definition) is 5. The Bertz CT molecular complexity index is 380. The molecule has 6 heteroatoms. The number of carbonyl (C=O) groups is 1. The molecule has 0 radical (unpaired) electrons. The van der Waals surface area contributed by atoms with Crippen LogP contribution in [0, 0.1) is 6.92 Å². The maximum Gasteiger partial charge on any atom is 0.217 e. The van der Waals surface area contributed by atoms with Gasteiger partial charge in [0.25, 0.3) is 0 Å². The summed E-state index contributed by atoms with van der Waals surface area (Å²) in [5.41, 5.74) is 5.06. The SMILES string of the molecule is CNc1cc(NCCCCC(N)=O)nc(C)n1. The number of nitrogens with zero attached hydrogens (tertiary/aromatic N) is 2. The molecule has 1 aromatic heterocycles. The largest absolute Gasteiger partial charge is 0.373 e. The number of amides is 1. The molecule has 0 atom stereocenters. The van der Waals surface area contributed by atoms with Crippen molar-refractivity contribution in [1.29, 1.82) is 0 Å². The Morgan fingerprint density at radius 3 is 2.71 bits per heavy atom. The smallest absolute Gasteiger partial charge is 0.217 e. The molecule has 1 heterocycles. The average Bonchev–Trinajstić information content (AvgIpc) is 2.27. The van der Waals surface area contributed by atoms with Gasteiger partial charge in [-0.15, -0.1) is 0 Å². The minimum absolute atomic E-state index is 0.250. The summed E-state index contributed by atoms with van der Waals surface area (Å²) in [5, 5.41) is 6.16. The van der Waals surface area contributed by atoms with Gasteiger partial charge >= 0.3 is 0 Å². The van der Waals surface area contributed by atoms with Crippen LogP contribution in [0.1, 0.15) is 25.1 Å². The predicted octanol–water partition coefficient (Wildman–Crippen LogP) is 0.894. The summed E-state index contributed by atoms with van der Waals surface area (Å²) in [6, 6.07) is 1.85. The number of primary amides is 1. The Morgan fingerprint density at radius 1 is 1.35 bits per heavy atom. The zero-order chi connectivity index (χ0) is 12.7. The monoisotopic (exact) mass is 237 g/mol. The lowest BCUT2D eigenvalue weighted by Crippen LogP contribution is -2.11. The topological polar surface area (TPSA) is 92.9 Å². The molecule has 94 valence electrons. The third-order valence-corrected chi connectivity index (χ3v) is 2.25. The first-order valence-electron chi connectivity index (χ1n) is 5.67. The van der Waals surface area contributed by atoms with Crippen LogP contribution in [0.15, 0.2) is 6.07 Å². The lowest BCUT2D eigenvalue weighted by Gasteiger charge is -2.07. The summed E-state index contributed by atoms with van der Waals surface area (Å²) in [6.07, 6.45) is 2.12. The Hall–Kier alpha value is -1.85. The molecular weight excluding hydrogens is 218 g/mol. The van der Waals surface area contributed by atoms with Crippen LogP contribution in [0.5, 0.6) is 0 Å². The van der Waals surface area contributed by atoms with Gasteiger partial charge in [-0.1, -0.05) is 0 Å². The van der Waals surface area contributed by atoms with Gasteiger partial charge in [0.05, 0.1) is 0 Å². The summed E-state index contributed by atoms with van der Waals surface area (Å²) < 4.78 is 0. The first kappa shape index (κ1) is 13.2. The van der Waals surface area contributed by atoms with Crippen molar-refractivity contribution < 1.29 is 4.79 Å². The standard InChI is InChI=1S/C11H19N5O/c1-8-15-10(13-2)7-11(16-8)14-6-4-3-5-9(12)17/h7H,3-6H2,1-2H3,(H2,12,17)(H2,13,14,15,16). The minimum atomic E-state index is -0.250. The molecule has 17 heavy (non-hydrogen) atoms. The van der Waals surface area contributed by atoms with Crippen molar-refractivity contribution in [1.82, 2.24) is 9.97 Å². The molecule has 0 aliphatic rings. The van der Waals surface area contributed by atoms with Gasteiger partial charge in [0.2, 0.25) is 5.91 Å². The molecule has 0 aliphatic heterocycles. The van der Waals surface area contributed by atoms with E-state index in [1.807, 2.05) is 20.0 Å². The zero-order valence-electron chi connectivity index (χ0n) is 10.3. The van der Waals surface area contributed by atoms with Crippen molar-refractivity contribution in [2.24, 2.45) is 5.73 Å². The van der Waals surface area contributed by atoms with Crippen molar-refractivity contribution in [2.75, 3.05) is 24.2 Å². The first-order valence-corrected chi connectivity index (χ1v) is 5.67. The normalized spacial score (nSPS) is 10.0. The highest BCUT2D eigenvalue weighted by molar-refractivity contribution is 5.73. The van der Waals surface area contributed by atoms with E-state index in [2.05, 4.69) is 20.6 Å². The van der Waals surface area contributed by atoms with E-state index < -0.39 is 0 Å². The summed E-state index contributed by atoms with van der Waals surface area (Å²) >= 11 is 0. The van der Waals surface area contributed by atoms with Crippen molar-refractivity contribution in [3.8, 4) is 0 Å². The van der Waals surface area contributed by atoms with E-state index in [1.54, 1.807) is 0 Å². The van der Waals surface area contributed by atoms with Gasteiger partial charge in [0.1, 0.15) is 17.5 Å². The lowest BCUT2D eigenvalue weighted by molar-refractivity contribution is -0.118. The Labute approximate surface area is 101 Å².